The van der Waals surface area contributed by atoms with Crippen molar-refractivity contribution >= 4 is 16.7 Å². The lowest BCUT2D eigenvalue weighted by Gasteiger charge is -2.24. The maximum atomic E-state index is 13.9. The molecule has 3 aromatic rings. The van der Waals surface area contributed by atoms with Gasteiger partial charge < -0.3 is 10.1 Å². The van der Waals surface area contributed by atoms with Crippen LogP contribution in [-0.2, 0) is 13.0 Å². The van der Waals surface area contributed by atoms with E-state index in [1.54, 1.807) is 6.07 Å². The second kappa shape index (κ2) is 6.27. The molecule has 1 aliphatic heterocycles. The van der Waals surface area contributed by atoms with Crippen LogP contribution in [0.25, 0.3) is 10.9 Å². The van der Waals surface area contributed by atoms with E-state index in [4.69, 9.17) is 4.74 Å². The quantitative estimate of drug-likeness (QED) is 0.785. The Bertz CT molecular complexity index is 925. The molecule has 1 unspecified atom stereocenters. The van der Waals surface area contributed by atoms with Gasteiger partial charge in [0, 0.05) is 24.4 Å². The van der Waals surface area contributed by atoms with Crippen molar-refractivity contribution in [2.45, 2.75) is 38.8 Å². The summed E-state index contributed by atoms with van der Waals surface area (Å²) in [4.78, 5) is 13.1. The molecule has 2 aromatic heterocycles. The average Bonchev–Trinajstić information content (AvgIpc) is 3.06. The SMILES string of the molecule is CCc1nc2n(n1)CCCC2Nc1ncnc2cc(F)c(OC)cc12. The van der Waals surface area contributed by atoms with E-state index in [0.29, 0.717) is 16.7 Å². The summed E-state index contributed by atoms with van der Waals surface area (Å²) in [5, 5.41) is 8.68. The Morgan fingerprint density at radius 2 is 2.24 bits per heavy atom. The highest BCUT2D eigenvalue weighted by atomic mass is 19.1. The van der Waals surface area contributed by atoms with E-state index < -0.39 is 5.82 Å². The monoisotopic (exact) mass is 342 g/mol. The average molecular weight is 342 g/mol. The zero-order valence-corrected chi connectivity index (χ0v) is 14.2. The molecule has 0 radical (unpaired) electrons. The number of benzene rings is 1. The van der Waals surface area contributed by atoms with Gasteiger partial charge in [0.25, 0.3) is 0 Å². The van der Waals surface area contributed by atoms with Crippen LogP contribution in [0.5, 0.6) is 5.75 Å². The minimum absolute atomic E-state index is 0.00991. The molecule has 1 aliphatic rings. The first-order valence-electron chi connectivity index (χ1n) is 8.38. The number of nitrogens with one attached hydrogen (secondary N) is 1. The fourth-order valence-corrected chi connectivity index (χ4v) is 3.18. The summed E-state index contributed by atoms with van der Waals surface area (Å²) in [7, 11) is 1.44. The maximum absolute atomic E-state index is 13.9. The fraction of sp³-hybridized carbons (Fsp3) is 0.412. The number of aromatic nitrogens is 5. The lowest BCUT2D eigenvalue weighted by molar-refractivity contribution is 0.387. The van der Waals surface area contributed by atoms with Crippen LogP contribution in [0.2, 0.25) is 0 Å². The molecule has 0 bridgehead atoms. The molecular formula is C17H19FN6O. The minimum Gasteiger partial charge on any atom is -0.494 e. The van der Waals surface area contributed by atoms with Crippen molar-refractivity contribution < 1.29 is 9.13 Å². The lowest BCUT2D eigenvalue weighted by Crippen LogP contribution is -2.23. The topological polar surface area (TPSA) is 77.8 Å². The zero-order chi connectivity index (χ0) is 17.4. The molecule has 3 heterocycles. The highest BCUT2D eigenvalue weighted by molar-refractivity contribution is 5.90. The van der Waals surface area contributed by atoms with Gasteiger partial charge in [-0.3, -0.25) is 0 Å². The van der Waals surface area contributed by atoms with Crippen LogP contribution >= 0.6 is 0 Å². The Labute approximate surface area is 144 Å². The third-order valence-electron chi connectivity index (χ3n) is 4.45. The van der Waals surface area contributed by atoms with Gasteiger partial charge in [-0.1, -0.05) is 6.92 Å². The first-order chi connectivity index (χ1) is 12.2. The molecule has 7 nitrogen and oxygen atoms in total. The molecule has 1 atom stereocenters. The largest absolute Gasteiger partial charge is 0.494 e. The van der Waals surface area contributed by atoms with Gasteiger partial charge in [0.15, 0.2) is 17.4 Å². The van der Waals surface area contributed by atoms with Gasteiger partial charge in [-0.15, -0.1) is 0 Å². The standard InChI is InChI=1S/C17H19FN6O/c1-3-15-22-17-12(5-4-6-24(17)23-15)21-16-10-7-14(25-2)11(18)8-13(10)19-9-20-16/h7-9,12H,3-6H2,1-2H3,(H,19,20,21). The van der Waals surface area contributed by atoms with Crippen LogP contribution in [0.15, 0.2) is 18.5 Å². The van der Waals surface area contributed by atoms with Crippen molar-refractivity contribution in [2.75, 3.05) is 12.4 Å². The number of anilines is 1. The number of aryl methyl sites for hydroxylation is 2. The van der Waals surface area contributed by atoms with Gasteiger partial charge in [-0.25, -0.2) is 24.0 Å². The molecule has 0 fully saturated rings. The summed E-state index contributed by atoms with van der Waals surface area (Å²) in [6.45, 7) is 2.92. The Morgan fingerprint density at radius 1 is 1.36 bits per heavy atom. The van der Waals surface area contributed by atoms with E-state index in [1.165, 1.54) is 19.5 Å². The van der Waals surface area contributed by atoms with E-state index in [0.717, 1.165) is 37.5 Å². The normalized spacial score (nSPS) is 16.7. The number of nitrogens with zero attached hydrogens (tertiary/aromatic N) is 5. The van der Waals surface area contributed by atoms with Gasteiger partial charge in [0.2, 0.25) is 0 Å². The number of halogens is 1. The van der Waals surface area contributed by atoms with Crippen molar-refractivity contribution in [3.05, 3.63) is 35.9 Å². The van der Waals surface area contributed by atoms with Gasteiger partial charge in [0.05, 0.1) is 18.7 Å². The molecule has 8 heteroatoms. The van der Waals surface area contributed by atoms with Crippen LogP contribution < -0.4 is 10.1 Å². The van der Waals surface area contributed by atoms with Crippen LogP contribution in [0.3, 0.4) is 0 Å². The summed E-state index contributed by atoms with van der Waals surface area (Å²) in [5.41, 5.74) is 0.530. The Kier molecular flexibility index (Phi) is 3.95. The van der Waals surface area contributed by atoms with E-state index in [2.05, 4.69) is 25.4 Å². The summed E-state index contributed by atoms with van der Waals surface area (Å²) < 4.78 is 21.0. The van der Waals surface area contributed by atoms with Crippen LogP contribution in [0.4, 0.5) is 10.2 Å². The Morgan fingerprint density at radius 3 is 3.04 bits per heavy atom. The second-order valence-electron chi connectivity index (χ2n) is 6.03. The predicted molar refractivity (Wildman–Crippen MR) is 91.0 cm³/mol. The molecule has 4 rings (SSSR count). The highest BCUT2D eigenvalue weighted by Crippen LogP contribution is 2.31. The van der Waals surface area contributed by atoms with Crippen molar-refractivity contribution in [1.29, 1.82) is 0 Å². The van der Waals surface area contributed by atoms with Gasteiger partial charge in [-0.05, 0) is 18.9 Å². The second-order valence-corrected chi connectivity index (χ2v) is 6.03. The van der Waals surface area contributed by atoms with Crippen LogP contribution in [0.1, 0.15) is 37.5 Å². The molecule has 0 spiro atoms. The molecule has 1 aromatic carbocycles. The summed E-state index contributed by atoms with van der Waals surface area (Å²) in [6, 6.07) is 2.99. The summed E-state index contributed by atoms with van der Waals surface area (Å²) in [6.07, 6.45) is 4.19. The third-order valence-corrected chi connectivity index (χ3v) is 4.45. The highest BCUT2D eigenvalue weighted by Gasteiger charge is 2.25. The number of hydrogen-bond acceptors (Lipinski definition) is 6. The van der Waals surface area contributed by atoms with Crippen LogP contribution in [-0.4, -0.2) is 31.8 Å². The lowest BCUT2D eigenvalue weighted by atomic mass is 10.1. The van der Waals surface area contributed by atoms with Crippen molar-refractivity contribution in [3.63, 3.8) is 0 Å². The number of hydrogen-bond donors (Lipinski definition) is 1. The number of methoxy groups -OCH3 is 1. The van der Waals surface area contributed by atoms with Gasteiger partial charge in [0.1, 0.15) is 18.0 Å². The zero-order valence-electron chi connectivity index (χ0n) is 14.2. The molecule has 0 saturated heterocycles. The van der Waals surface area contributed by atoms with Crippen molar-refractivity contribution in [3.8, 4) is 5.75 Å². The minimum atomic E-state index is -0.440. The number of fused-ring (bicyclic) bond motifs is 2. The van der Waals surface area contributed by atoms with Gasteiger partial charge >= 0.3 is 0 Å². The first-order valence-corrected chi connectivity index (χ1v) is 8.38. The molecule has 0 aliphatic carbocycles. The van der Waals surface area contributed by atoms with Crippen molar-refractivity contribution in [1.82, 2.24) is 24.7 Å². The van der Waals surface area contributed by atoms with E-state index in [1.807, 2.05) is 11.6 Å². The van der Waals surface area contributed by atoms with Gasteiger partial charge in [-0.2, -0.15) is 5.10 Å². The first kappa shape index (κ1) is 15.7. The van der Waals surface area contributed by atoms with Crippen molar-refractivity contribution in [2.24, 2.45) is 0 Å². The molecular weight excluding hydrogens is 323 g/mol. The number of rotatable bonds is 4. The summed E-state index contributed by atoms with van der Waals surface area (Å²) in [5.74, 6) is 2.14. The fourth-order valence-electron chi connectivity index (χ4n) is 3.18. The molecule has 1 N–H and O–H groups in total. The Balaban J connectivity index is 1.73. The van der Waals surface area contributed by atoms with E-state index >= 15 is 0 Å². The molecule has 25 heavy (non-hydrogen) atoms. The molecule has 130 valence electrons. The summed E-state index contributed by atoms with van der Waals surface area (Å²) >= 11 is 0. The molecule has 0 saturated carbocycles. The van der Waals surface area contributed by atoms with E-state index in [-0.39, 0.29) is 11.8 Å². The van der Waals surface area contributed by atoms with Crippen LogP contribution in [0, 0.1) is 5.82 Å². The smallest absolute Gasteiger partial charge is 0.167 e. The predicted octanol–water partition coefficient (Wildman–Crippen LogP) is 2.88. The maximum Gasteiger partial charge on any atom is 0.167 e. The Hall–Kier alpha value is -2.77. The van der Waals surface area contributed by atoms with E-state index in [9.17, 15) is 4.39 Å². The number of ether oxygens (including phenoxy) is 1. The molecule has 0 amide bonds. The third kappa shape index (κ3) is 2.77.